The van der Waals surface area contributed by atoms with Crippen LogP contribution in [-0.2, 0) is 9.53 Å². The molecule has 2 aliphatic rings. The Hall–Kier alpha value is -1.79. The molecular weight excluding hydrogens is 272 g/mol. The number of nitrogens with one attached hydrogen (secondary N) is 1. The standard InChI is InChI=1S/C15H20N2O4/c16-7-10-5-6-14(20-10)15(18)17-8-11-9-19-12-3-1-2-4-13(12)21-11/h1-4,10-11,14H,5-9,16H2,(H,17,18). The zero-order valence-electron chi connectivity index (χ0n) is 11.8. The number of rotatable bonds is 4. The molecule has 2 heterocycles. The second-order valence-corrected chi connectivity index (χ2v) is 5.30. The monoisotopic (exact) mass is 292 g/mol. The van der Waals surface area contributed by atoms with E-state index in [4.69, 9.17) is 19.9 Å². The quantitative estimate of drug-likeness (QED) is 0.842. The number of hydrogen-bond acceptors (Lipinski definition) is 5. The van der Waals surface area contributed by atoms with Gasteiger partial charge in [0.05, 0.1) is 12.6 Å². The summed E-state index contributed by atoms with van der Waals surface area (Å²) in [6.45, 7) is 1.29. The molecule has 114 valence electrons. The van der Waals surface area contributed by atoms with Gasteiger partial charge in [0, 0.05) is 6.54 Å². The highest BCUT2D eigenvalue weighted by Crippen LogP contribution is 2.30. The fourth-order valence-corrected chi connectivity index (χ4v) is 2.56. The topological polar surface area (TPSA) is 82.8 Å². The Morgan fingerprint density at radius 3 is 2.81 bits per heavy atom. The highest BCUT2D eigenvalue weighted by Gasteiger charge is 2.30. The molecule has 0 saturated carbocycles. The normalized spacial score (nSPS) is 27.4. The minimum absolute atomic E-state index is 0.00175. The molecule has 0 radical (unpaired) electrons. The minimum atomic E-state index is -0.393. The van der Waals surface area contributed by atoms with E-state index in [0.29, 0.717) is 25.4 Å². The van der Waals surface area contributed by atoms with E-state index in [2.05, 4.69) is 5.32 Å². The Morgan fingerprint density at radius 1 is 1.24 bits per heavy atom. The number of para-hydroxylation sites is 2. The van der Waals surface area contributed by atoms with Crippen LogP contribution in [0.1, 0.15) is 12.8 Å². The molecule has 0 spiro atoms. The van der Waals surface area contributed by atoms with Crippen LogP contribution in [0.25, 0.3) is 0 Å². The average Bonchev–Trinajstić information content (AvgIpc) is 3.01. The van der Waals surface area contributed by atoms with Crippen LogP contribution in [-0.4, -0.2) is 43.9 Å². The van der Waals surface area contributed by atoms with Gasteiger partial charge < -0.3 is 25.3 Å². The molecule has 3 rings (SSSR count). The summed E-state index contributed by atoms with van der Waals surface area (Å²) in [5.74, 6) is 1.35. The van der Waals surface area contributed by atoms with Crippen molar-refractivity contribution in [3.8, 4) is 11.5 Å². The predicted molar refractivity (Wildman–Crippen MR) is 76.3 cm³/mol. The van der Waals surface area contributed by atoms with E-state index in [0.717, 1.165) is 18.6 Å². The SMILES string of the molecule is NCC1CCC(C(=O)NCC2COc3ccccc3O2)O1. The van der Waals surface area contributed by atoms with Gasteiger partial charge in [-0.2, -0.15) is 0 Å². The van der Waals surface area contributed by atoms with E-state index in [1.54, 1.807) is 0 Å². The fraction of sp³-hybridized carbons (Fsp3) is 0.533. The fourth-order valence-electron chi connectivity index (χ4n) is 2.56. The molecular formula is C15H20N2O4. The molecule has 0 aliphatic carbocycles. The third-order valence-corrected chi connectivity index (χ3v) is 3.73. The summed E-state index contributed by atoms with van der Waals surface area (Å²) in [4.78, 5) is 12.0. The molecule has 0 bridgehead atoms. The van der Waals surface area contributed by atoms with Crippen LogP contribution in [0.2, 0.25) is 0 Å². The van der Waals surface area contributed by atoms with Gasteiger partial charge >= 0.3 is 0 Å². The molecule has 1 saturated heterocycles. The summed E-state index contributed by atoms with van der Waals surface area (Å²) in [6.07, 6.45) is 0.983. The average molecular weight is 292 g/mol. The number of fused-ring (bicyclic) bond motifs is 1. The lowest BCUT2D eigenvalue weighted by Crippen LogP contribution is -2.44. The molecule has 1 amide bonds. The van der Waals surface area contributed by atoms with Crippen molar-refractivity contribution >= 4 is 5.91 Å². The maximum absolute atomic E-state index is 12.0. The van der Waals surface area contributed by atoms with Crippen molar-refractivity contribution < 1.29 is 19.0 Å². The summed E-state index contributed by atoms with van der Waals surface area (Å²) in [6, 6.07) is 7.51. The van der Waals surface area contributed by atoms with Crippen molar-refractivity contribution in [2.45, 2.75) is 31.2 Å². The molecule has 2 aliphatic heterocycles. The molecule has 0 aromatic heterocycles. The van der Waals surface area contributed by atoms with Gasteiger partial charge in [0.1, 0.15) is 18.8 Å². The molecule has 1 aromatic rings. The molecule has 1 aromatic carbocycles. The van der Waals surface area contributed by atoms with Gasteiger partial charge in [-0.15, -0.1) is 0 Å². The van der Waals surface area contributed by atoms with Crippen LogP contribution in [0, 0.1) is 0 Å². The lowest BCUT2D eigenvalue weighted by Gasteiger charge is -2.26. The smallest absolute Gasteiger partial charge is 0.249 e. The molecule has 3 N–H and O–H groups in total. The molecule has 21 heavy (non-hydrogen) atoms. The summed E-state index contributed by atoms with van der Waals surface area (Å²) in [5.41, 5.74) is 5.54. The molecule has 6 nitrogen and oxygen atoms in total. The molecule has 3 atom stereocenters. The van der Waals surface area contributed by atoms with Gasteiger partial charge in [-0.05, 0) is 25.0 Å². The van der Waals surface area contributed by atoms with Gasteiger partial charge in [-0.1, -0.05) is 12.1 Å². The Balaban J connectivity index is 1.47. The Bertz CT molecular complexity index is 508. The number of amides is 1. The van der Waals surface area contributed by atoms with Crippen LogP contribution in [0.5, 0.6) is 11.5 Å². The van der Waals surface area contributed by atoms with Gasteiger partial charge in [0.2, 0.25) is 5.91 Å². The number of ether oxygens (including phenoxy) is 3. The molecule has 3 unspecified atom stereocenters. The van der Waals surface area contributed by atoms with Crippen molar-refractivity contribution in [1.82, 2.24) is 5.32 Å². The summed E-state index contributed by atoms with van der Waals surface area (Å²) in [7, 11) is 0. The van der Waals surface area contributed by atoms with Crippen molar-refractivity contribution in [2.24, 2.45) is 5.73 Å². The van der Waals surface area contributed by atoms with Crippen LogP contribution in [0.4, 0.5) is 0 Å². The highest BCUT2D eigenvalue weighted by atomic mass is 16.6. The van der Waals surface area contributed by atoms with Crippen molar-refractivity contribution in [3.63, 3.8) is 0 Å². The van der Waals surface area contributed by atoms with Crippen molar-refractivity contribution in [2.75, 3.05) is 19.7 Å². The zero-order chi connectivity index (χ0) is 14.7. The number of carbonyl (C=O) groups is 1. The second-order valence-electron chi connectivity index (χ2n) is 5.30. The Kier molecular flexibility index (Phi) is 4.26. The summed E-state index contributed by atoms with van der Waals surface area (Å²) in [5, 5.41) is 2.86. The van der Waals surface area contributed by atoms with E-state index in [9.17, 15) is 4.79 Å². The summed E-state index contributed by atoms with van der Waals surface area (Å²) >= 11 is 0. The minimum Gasteiger partial charge on any atom is -0.486 e. The first kappa shape index (κ1) is 14.2. The van der Waals surface area contributed by atoms with Gasteiger partial charge in [0.25, 0.3) is 0 Å². The van der Waals surface area contributed by atoms with Crippen LogP contribution in [0.15, 0.2) is 24.3 Å². The van der Waals surface area contributed by atoms with E-state index in [1.807, 2.05) is 24.3 Å². The van der Waals surface area contributed by atoms with Gasteiger partial charge in [-0.3, -0.25) is 4.79 Å². The van der Waals surface area contributed by atoms with Crippen LogP contribution >= 0.6 is 0 Å². The maximum Gasteiger partial charge on any atom is 0.249 e. The number of carbonyl (C=O) groups excluding carboxylic acids is 1. The first-order valence-corrected chi connectivity index (χ1v) is 7.28. The lowest BCUT2D eigenvalue weighted by atomic mass is 10.2. The largest absolute Gasteiger partial charge is 0.486 e. The second kappa shape index (κ2) is 6.32. The van der Waals surface area contributed by atoms with E-state index in [-0.39, 0.29) is 18.1 Å². The Labute approximate surface area is 123 Å². The van der Waals surface area contributed by atoms with E-state index in [1.165, 1.54) is 0 Å². The maximum atomic E-state index is 12.0. The third kappa shape index (κ3) is 3.28. The van der Waals surface area contributed by atoms with Gasteiger partial charge in [-0.25, -0.2) is 0 Å². The molecule has 6 heteroatoms. The highest BCUT2D eigenvalue weighted by molar-refractivity contribution is 5.81. The van der Waals surface area contributed by atoms with Crippen LogP contribution < -0.4 is 20.5 Å². The van der Waals surface area contributed by atoms with E-state index < -0.39 is 6.10 Å². The lowest BCUT2D eigenvalue weighted by molar-refractivity contribution is -0.132. The van der Waals surface area contributed by atoms with Crippen molar-refractivity contribution in [1.29, 1.82) is 0 Å². The van der Waals surface area contributed by atoms with Crippen molar-refractivity contribution in [3.05, 3.63) is 24.3 Å². The first-order chi connectivity index (χ1) is 10.3. The van der Waals surface area contributed by atoms with Crippen LogP contribution in [0.3, 0.4) is 0 Å². The predicted octanol–water partition coefficient (Wildman–Crippen LogP) is 0.449. The number of hydrogen-bond donors (Lipinski definition) is 2. The number of nitrogens with two attached hydrogens (primary N) is 1. The molecule has 1 fully saturated rings. The number of benzene rings is 1. The van der Waals surface area contributed by atoms with Gasteiger partial charge in [0.15, 0.2) is 11.5 Å². The first-order valence-electron chi connectivity index (χ1n) is 7.28. The third-order valence-electron chi connectivity index (χ3n) is 3.73. The zero-order valence-corrected chi connectivity index (χ0v) is 11.8. The Morgan fingerprint density at radius 2 is 2.05 bits per heavy atom. The summed E-state index contributed by atoms with van der Waals surface area (Å²) < 4.78 is 17.0. The van der Waals surface area contributed by atoms with E-state index >= 15 is 0 Å².